The molecule has 4 nitrogen and oxygen atoms in total. The third-order valence-electron chi connectivity index (χ3n) is 4.27. The normalized spacial score (nSPS) is 11.8. The zero-order chi connectivity index (χ0) is 18.5. The van der Waals surface area contributed by atoms with E-state index in [1.807, 2.05) is 42.5 Å². The van der Waals surface area contributed by atoms with Crippen LogP contribution in [0.2, 0.25) is 0 Å². The van der Waals surface area contributed by atoms with Gasteiger partial charge in [-0.25, -0.2) is 0 Å². The zero-order valence-electron chi connectivity index (χ0n) is 14.8. The number of rotatable bonds is 6. The van der Waals surface area contributed by atoms with Crippen molar-refractivity contribution >= 4 is 22.5 Å². The first kappa shape index (κ1) is 17.7. The molecule has 132 valence electrons. The first-order valence-electron chi connectivity index (χ1n) is 8.43. The van der Waals surface area contributed by atoms with E-state index in [0.29, 0.717) is 11.3 Å². The van der Waals surface area contributed by atoms with E-state index in [4.69, 9.17) is 9.47 Å². The summed E-state index contributed by atoms with van der Waals surface area (Å²) < 4.78 is 10.4. The molecule has 3 rings (SSSR count). The average molecular weight is 348 g/mol. The Bertz CT molecular complexity index is 923. The van der Waals surface area contributed by atoms with Gasteiger partial charge in [0.25, 0.3) is 0 Å². The van der Waals surface area contributed by atoms with Gasteiger partial charge in [-0.1, -0.05) is 42.5 Å². The molecule has 0 bridgehead atoms. The summed E-state index contributed by atoms with van der Waals surface area (Å²) >= 11 is 0. The Morgan fingerprint density at radius 2 is 1.62 bits per heavy atom. The average Bonchev–Trinajstić information content (AvgIpc) is 2.67. The lowest BCUT2D eigenvalue weighted by atomic mass is 10.0. The molecule has 1 unspecified atom stereocenters. The summed E-state index contributed by atoms with van der Waals surface area (Å²) in [5.41, 5.74) is 1.37. The quantitative estimate of drug-likeness (QED) is 0.495. The predicted octanol–water partition coefficient (Wildman–Crippen LogP) is 4.21. The fourth-order valence-electron chi connectivity index (χ4n) is 2.88. The standard InChI is InChI=1S/C22H20O4/c1-15(22(24)17-10-12-19(25-2)13-11-17)26-21(23)14-18-8-5-7-16-6-3-4-9-20(16)18/h3-13,15H,14H2,1-2H3. The van der Waals surface area contributed by atoms with Crippen molar-refractivity contribution in [1.82, 2.24) is 0 Å². The number of Topliss-reactive ketones (excluding diaryl/α,β-unsaturated/α-hetero) is 1. The number of carbonyl (C=O) groups excluding carboxylic acids is 2. The molecular formula is C22H20O4. The van der Waals surface area contributed by atoms with Crippen LogP contribution in [0.15, 0.2) is 66.7 Å². The van der Waals surface area contributed by atoms with Crippen LogP contribution in [0.4, 0.5) is 0 Å². The lowest BCUT2D eigenvalue weighted by molar-refractivity contribution is -0.145. The maximum absolute atomic E-state index is 12.4. The fourth-order valence-corrected chi connectivity index (χ4v) is 2.88. The Balaban J connectivity index is 1.67. The van der Waals surface area contributed by atoms with Crippen LogP contribution in [-0.2, 0) is 16.0 Å². The van der Waals surface area contributed by atoms with Crippen LogP contribution in [0.1, 0.15) is 22.8 Å². The van der Waals surface area contributed by atoms with Crippen molar-refractivity contribution < 1.29 is 19.1 Å². The van der Waals surface area contributed by atoms with Crippen molar-refractivity contribution in [2.24, 2.45) is 0 Å². The van der Waals surface area contributed by atoms with E-state index >= 15 is 0 Å². The molecule has 0 aliphatic carbocycles. The summed E-state index contributed by atoms with van der Waals surface area (Å²) in [6.45, 7) is 1.59. The third-order valence-corrected chi connectivity index (χ3v) is 4.27. The van der Waals surface area contributed by atoms with E-state index in [1.165, 1.54) is 0 Å². The van der Waals surface area contributed by atoms with E-state index in [-0.39, 0.29) is 12.2 Å². The van der Waals surface area contributed by atoms with Crippen LogP contribution in [0.25, 0.3) is 10.8 Å². The summed E-state index contributed by atoms with van der Waals surface area (Å²) in [5.74, 6) is 0.0109. The van der Waals surface area contributed by atoms with Crippen LogP contribution in [0, 0.1) is 0 Å². The van der Waals surface area contributed by atoms with Gasteiger partial charge < -0.3 is 9.47 Å². The summed E-state index contributed by atoms with van der Waals surface area (Å²) in [6.07, 6.45) is -0.715. The molecule has 4 heteroatoms. The van der Waals surface area contributed by atoms with Gasteiger partial charge in [-0.2, -0.15) is 0 Å². The molecule has 0 heterocycles. The van der Waals surface area contributed by atoms with E-state index < -0.39 is 12.1 Å². The first-order chi connectivity index (χ1) is 12.6. The second kappa shape index (κ2) is 7.83. The molecule has 0 saturated carbocycles. The Kier molecular flexibility index (Phi) is 5.32. The van der Waals surface area contributed by atoms with Crippen molar-refractivity contribution in [3.8, 4) is 5.75 Å². The fraction of sp³-hybridized carbons (Fsp3) is 0.182. The molecule has 0 N–H and O–H groups in total. The van der Waals surface area contributed by atoms with Gasteiger partial charge in [-0.3, -0.25) is 9.59 Å². The van der Waals surface area contributed by atoms with Crippen LogP contribution in [0.5, 0.6) is 5.75 Å². The van der Waals surface area contributed by atoms with Crippen molar-refractivity contribution in [1.29, 1.82) is 0 Å². The molecular weight excluding hydrogens is 328 g/mol. The lowest BCUT2D eigenvalue weighted by Crippen LogP contribution is -2.25. The summed E-state index contributed by atoms with van der Waals surface area (Å²) in [5, 5.41) is 2.08. The molecule has 0 aliphatic heterocycles. The van der Waals surface area contributed by atoms with E-state index in [9.17, 15) is 9.59 Å². The van der Waals surface area contributed by atoms with Crippen LogP contribution in [0.3, 0.4) is 0 Å². The van der Waals surface area contributed by atoms with Gasteiger partial charge in [0.2, 0.25) is 5.78 Å². The topological polar surface area (TPSA) is 52.6 Å². The molecule has 3 aromatic carbocycles. The number of benzene rings is 3. The van der Waals surface area contributed by atoms with Gasteiger partial charge >= 0.3 is 5.97 Å². The number of hydrogen-bond donors (Lipinski definition) is 0. The van der Waals surface area contributed by atoms with Gasteiger partial charge in [0.15, 0.2) is 6.10 Å². The van der Waals surface area contributed by atoms with Gasteiger partial charge in [0.1, 0.15) is 5.75 Å². The van der Waals surface area contributed by atoms with Gasteiger partial charge in [-0.05, 0) is 47.5 Å². The Morgan fingerprint density at radius 3 is 2.35 bits per heavy atom. The highest BCUT2D eigenvalue weighted by molar-refractivity contribution is 6.00. The second-order valence-corrected chi connectivity index (χ2v) is 6.04. The van der Waals surface area contributed by atoms with Crippen LogP contribution >= 0.6 is 0 Å². The summed E-state index contributed by atoms with van der Waals surface area (Å²) in [4.78, 5) is 24.7. The third kappa shape index (κ3) is 3.91. The van der Waals surface area contributed by atoms with Crippen LogP contribution in [-0.4, -0.2) is 25.0 Å². The maximum atomic E-state index is 12.4. The summed E-state index contributed by atoms with van der Waals surface area (Å²) in [6, 6.07) is 20.4. The Hall–Kier alpha value is -3.14. The molecule has 0 amide bonds. The van der Waals surface area contributed by atoms with Gasteiger partial charge in [-0.15, -0.1) is 0 Å². The number of hydrogen-bond acceptors (Lipinski definition) is 4. The smallest absolute Gasteiger partial charge is 0.310 e. The highest BCUT2D eigenvalue weighted by atomic mass is 16.5. The number of ether oxygens (including phenoxy) is 2. The van der Waals surface area contributed by atoms with Gasteiger partial charge in [0, 0.05) is 5.56 Å². The van der Waals surface area contributed by atoms with Crippen molar-refractivity contribution in [2.45, 2.75) is 19.4 Å². The van der Waals surface area contributed by atoms with E-state index in [1.54, 1.807) is 38.3 Å². The molecule has 1 atom stereocenters. The highest BCUT2D eigenvalue weighted by Crippen LogP contribution is 2.20. The molecule has 0 saturated heterocycles. The predicted molar refractivity (Wildman–Crippen MR) is 101 cm³/mol. The number of carbonyl (C=O) groups is 2. The molecule has 0 spiro atoms. The number of ketones is 1. The monoisotopic (exact) mass is 348 g/mol. The second-order valence-electron chi connectivity index (χ2n) is 6.04. The lowest BCUT2D eigenvalue weighted by Gasteiger charge is -2.13. The Morgan fingerprint density at radius 1 is 0.923 bits per heavy atom. The molecule has 0 aromatic heterocycles. The molecule has 0 aliphatic rings. The Labute approximate surface area is 152 Å². The van der Waals surface area contributed by atoms with Gasteiger partial charge in [0.05, 0.1) is 13.5 Å². The molecule has 26 heavy (non-hydrogen) atoms. The van der Waals surface area contributed by atoms with Crippen molar-refractivity contribution in [3.63, 3.8) is 0 Å². The molecule has 3 aromatic rings. The SMILES string of the molecule is COc1ccc(C(=O)C(C)OC(=O)Cc2cccc3ccccc23)cc1. The maximum Gasteiger partial charge on any atom is 0.310 e. The van der Waals surface area contributed by atoms with E-state index in [2.05, 4.69) is 0 Å². The van der Waals surface area contributed by atoms with Crippen molar-refractivity contribution in [3.05, 3.63) is 77.9 Å². The number of esters is 1. The van der Waals surface area contributed by atoms with E-state index in [0.717, 1.165) is 16.3 Å². The number of methoxy groups -OCH3 is 1. The summed E-state index contributed by atoms with van der Waals surface area (Å²) in [7, 11) is 1.56. The largest absolute Gasteiger partial charge is 0.497 e. The van der Waals surface area contributed by atoms with Crippen molar-refractivity contribution in [2.75, 3.05) is 7.11 Å². The minimum atomic E-state index is -0.842. The zero-order valence-corrected chi connectivity index (χ0v) is 14.8. The van der Waals surface area contributed by atoms with Crippen LogP contribution < -0.4 is 4.74 Å². The minimum Gasteiger partial charge on any atom is -0.497 e. The number of fused-ring (bicyclic) bond motifs is 1. The molecule has 0 fully saturated rings. The first-order valence-corrected chi connectivity index (χ1v) is 8.43. The molecule has 0 radical (unpaired) electrons. The minimum absolute atomic E-state index is 0.127. The highest BCUT2D eigenvalue weighted by Gasteiger charge is 2.20.